The Kier molecular flexibility index (Phi) is 5.76. The van der Waals surface area contributed by atoms with E-state index in [0.29, 0.717) is 6.42 Å². The maximum atomic E-state index is 11.9. The van der Waals surface area contributed by atoms with Crippen molar-refractivity contribution < 1.29 is 9.59 Å². The summed E-state index contributed by atoms with van der Waals surface area (Å²) in [6.07, 6.45) is 3.44. The van der Waals surface area contributed by atoms with Gasteiger partial charge in [-0.1, -0.05) is 19.8 Å². The van der Waals surface area contributed by atoms with Crippen molar-refractivity contribution >= 4 is 11.9 Å². The predicted octanol–water partition coefficient (Wildman–Crippen LogP) is -0.308. The Labute approximate surface area is 102 Å². The van der Waals surface area contributed by atoms with Gasteiger partial charge in [0.2, 0.25) is 5.91 Å². The minimum absolute atomic E-state index is 0.133. The molecular weight excluding hydrogens is 220 g/mol. The summed E-state index contributed by atoms with van der Waals surface area (Å²) in [7, 11) is 0. The minimum Gasteiger partial charge on any atom is -0.352 e. The molecule has 2 atom stereocenters. The molecule has 3 amide bonds. The van der Waals surface area contributed by atoms with E-state index in [4.69, 9.17) is 5.73 Å². The van der Waals surface area contributed by atoms with Gasteiger partial charge in [-0.25, -0.2) is 4.79 Å². The second-order valence-electron chi connectivity index (χ2n) is 4.40. The Hall–Kier alpha value is -1.30. The van der Waals surface area contributed by atoms with Crippen molar-refractivity contribution in [3.8, 4) is 0 Å². The van der Waals surface area contributed by atoms with Crippen molar-refractivity contribution in [1.82, 2.24) is 16.0 Å². The highest BCUT2D eigenvalue weighted by atomic mass is 16.2. The molecule has 6 nitrogen and oxygen atoms in total. The molecule has 0 aromatic rings. The van der Waals surface area contributed by atoms with Gasteiger partial charge < -0.3 is 21.7 Å². The summed E-state index contributed by atoms with van der Waals surface area (Å²) in [6, 6.07) is -0.986. The highest BCUT2D eigenvalue weighted by Gasteiger charge is 2.23. The number of nitrogens with two attached hydrogens (primary N) is 1. The van der Waals surface area contributed by atoms with E-state index in [-0.39, 0.29) is 11.9 Å². The smallest absolute Gasteiger partial charge is 0.312 e. The van der Waals surface area contributed by atoms with E-state index in [1.807, 2.05) is 6.92 Å². The summed E-state index contributed by atoms with van der Waals surface area (Å²) < 4.78 is 0. The lowest BCUT2D eigenvalue weighted by Crippen LogP contribution is -2.51. The molecule has 5 N–H and O–H groups in total. The molecule has 1 aliphatic rings. The van der Waals surface area contributed by atoms with Crippen molar-refractivity contribution in [2.45, 2.75) is 44.7 Å². The summed E-state index contributed by atoms with van der Waals surface area (Å²) in [6.45, 7) is 3.76. The molecular formula is C11H22N4O2. The molecule has 1 rings (SSSR count). The van der Waals surface area contributed by atoms with Crippen molar-refractivity contribution in [2.24, 2.45) is 5.73 Å². The van der Waals surface area contributed by atoms with Crippen molar-refractivity contribution in [1.29, 1.82) is 0 Å². The maximum Gasteiger partial charge on any atom is 0.312 e. The second kappa shape index (κ2) is 7.11. The lowest BCUT2D eigenvalue weighted by molar-refractivity contribution is -0.123. The van der Waals surface area contributed by atoms with Crippen molar-refractivity contribution in [3.05, 3.63) is 0 Å². The third kappa shape index (κ3) is 5.04. The van der Waals surface area contributed by atoms with Crippen LogP contribution < -0.4 is 21.7 Å². The number of urea groups is 1. The lowest BCUT2D eigenvalue weighted by atomic mass is 10.1. The fourth-order valence-corrected chi connectivity index (χ4v) is 1.93. The van der Waals surface area contributed by atoms with Crippen LogP contribution in [0, 0.1) is 0 Å². The van der Waals surface area contributed by atoms with E-state index >= 15 is 0 Å². The Morgan fingerprint density at radius 3 is 2.82 bits per heavy atom. The number of rotatable bonds is 6. The Morgan fingerprint density at radius 1 is 1.53 bits per heavy atom. The van der Waals surface area contributed by atoms with Gasteiger partial charge >= 0.3 is 6.03 Å². The summed E-state index contributed by atoms with van der Waals surface area (Å²) in [5.74, 6) is -0.133. The first-order chi connectivity index (χ1) is 8.13. The Morgan fingerprint density at radius 2 is 2.29 bits per heavy atom. The van der Waals surface area contributed by atoms with E-state index in [2.05, 4.69) is 16.0 Å². The molecule has 1 saturated heterocycles. The summed E-state index contributed by atoms with van der Waals surface area (Å²) >= 11 is 0. The normalized spacial score (nSPS) is 20.9. The highest BCUT2D eigenvalue weighted by Crippen LogP contribution is 2.03. The number of nitrogens with one attached hydrogen (secondary N) is 3. The van der Waals surface area contributed by atoms with Gasteiger partial charge in [0.15, 0.2) is 0 Å². The van der Waals surface area contributed by atoms with Gasteiger partial charge in [-0.2, -0.15) is 0 Å². The summed E-state index contributed by atoms with van der Waals surface area (Å²) in [5.41, 5.74) is 5.07. The molecule has 17 heavy (non-hydrogen) atoms. The average molecular weight is 242 g/mol. The molecule has 0 radical (unpaired) electrons. The van der Waals surface area contributed by atoms with Gasteiger partial charge in [0.05, 0.1) is 0 Å². The van der Waals surface area contributed by atoms with Crippen LogP contribution in [0.25, 0.3) is 0 Å². The van der Waals surface area contributed by atoms with E-state index in [9.17, 15) is 9.59 Å². The van der Waals surface area contributed by atoms with Crippen LogP contribution in [0.2, 0.25) is 0 Å². The van der Waals surface area contributed by atoms with E-state index in [1.54, 1.807) is 0 Å². The quantitative estimate of drug-likeness (QED) is 0.514. The zero-order valence-corrected chi connectivity index (χ0v) is 10.3. The van der Waals surface area contributed by atoms with Crippen LogP contribution in [0.15, 0.2) is 0 Å². The number of amides is 3. The molecule has 1 heterocycles. The van der Waals surface area contributed by atoms with Crippen LogP contribution in [0.3, 0.4) is 0 Å². The van der Waals surface area contributed by atoms with Crippen LogP contribution in [-0.2, 0) is 4.79 Å². The summed E-state index contributed by atoms with van der Waals surface area (Å²) in [5, 5.41) is 8.59. The first-order valence-electron chi connectivity index (χ1n) is 6.20. The van der Waals surface area contributed by atoms with Gasteiger partial charge in [0.25, 0.3) is 0 Å². The molecule has 0 saturated carbocycles. The molecule has 6 heteroatoms. The summed E-state index contributed by atoms with van der Waals surface area (Å²) in [4.78, 5) is 22.8. The fraction of sp³-hybridized carbons (Fsp3) is 0.818. The first-order valence-corrected chi connectivity index (χ1v) is 6.20. The standard InChI is InChI=1S/C11H22N4O2/c1-2-3-4-9(15-11(12)17)10(16)14-8-5-6-13-7-8/h8-9,13H,2-7H2,1H3,(H,14,16)(H3,12,15,17). The van der Waals surface area contributed by atoms with E-state index in [0.717, 1.165) is 32.4 Å². The molecule has 0 aromatic carbocycles. The molecule has 0 aliphatic carbocycles. The lowest BCUT2D eigenvalue weighted by Gasteiger charge is -2.19. The van der Waals surface area contributed by atoms with Gasteiger partial charge in [-0.05, 0) is 19.4 Å². The van der Waals surface area contributed by atoms with Crippen LogP contribution in [-0.4, -0.2) is 37.1 Å². The van der Waals surface area contributed by atoms with Gasteiger partial charge in [0, 0.05) is 12.6 Å². The minimum atomic E-state index is -0.647. The third-order valence-electron chi connectivity index (χ3n) is 2.89. The first kappa shape index (κ1) is 13.8. The molecule has 0 bridgehead atoms. The van der Waals surface area contributed by atoms with Crippen LogP contribution in [0.1, 0.15) is 32.6 Å². The number of unbranched alkanes of at least 4 members (excludes halogenated alkanes) is 1. The van der Waals surface area contributed by atoms with Crippen molar-refractivity contribution in [2.75, 3.05) is 13.1 Å². The molecule has 98 valence electrons. The van der Waals surface area contributed by atoms with Gasteiger partial charge in [-0.3, -0.25) is 4.79 Å². The maximum absolute atomic E-state index is 11.9. The number of carbonyl (C=O) groups excluding carboxylic acids is 2. The largest absolute Gasteiger partial charge is 0.352 e. The van der Waals surface area contributed by atoms with Crippen LogP contribution in [0.4, 0.5) is 4.79 Å². The van der Waals surface area contributed by atoms with Crippen molar-refractivity contribution in [3.63, 3.8) is 0 Å². The van der Waals surface area contributed by atoms with Gasteiger partial charge in [0.1, 0.15) is 6.04 Å². The zero-order chi connectivity index (χ0) is 12.7. The Bertz CT molecular complexity index is 264. The zero-order valence-electron chi connectivity index (χ0n) is 10.3. The predicted molar refractivity (Wildman–Crippen MR) is 65.4 cm³/mol. The molecule has 1 aliphatic heterocycles. The SMILES string of the molecule is CCCCC(NC(N)=O)C(=O)NC1CCNC1. The number of carbonyl (C=O) groups is 2. The number of hydrogen-bond donors (Lipinski definition) is 4. The Balaban J connectivity index is 2.42. The monoisotopic (exact) mass is 242 g/mol. The number of primary amides is 1. The average Bonchev–Trinajstić information content (AvgIpc) is 2.76. The second-order valence-corrected chi connectivity index (χ2v) is 4.40. The van der Waals surface area contributed by atoms with Gasteiger partial charge in [-0.15, -0.1) is 0 Å². The molecule has 0 spiro atoms. The van der Waals surface area contributed by atoms with E-state index < -0.39 is 12.1 Å². The van der Waals surface area contributed by atoms with Crippen LogP contribution >= 0.6 is 0 Å². The van der Waals surface area contributed by atoms with Crippen LogP contribution in [0.5, 0.6) is 0 Å². The molecule has 1 fully saturated rings. The number of hydrogen-bond acceptors (Lipinski definition) is 3. The highest BCUT2D eigenvalue weighted by molar-refractivity contribution is 5.86. The fourth-order valence-electron chi connectivity index (χ4n) is 1.93. The molecule has 0 aromatic heterocycles. The third-order valence-corrected chi connectivity index (χ3v) is 2.89. The van der Waals surface area contributed by atoms with E-state index in [1.165, 1.54) is 0 Å². The molecule has 2 unspecified atom stereocenters. The topological polar surface area (TPSA) is 96.2 Å².